The van der Waals surface area contributed by atoms with E-state index in [9.17, 15) is 8.42 Å². The van der Waals surface area contributed by atoms with E-state index >= 15 is 0 Å². The summed E-state index contributed by atoms with van der Waals surface area (Å²) in [6.45, 7) is 2.41. The molecule has 8 heteroatoms. The fourth-order valence-electron chi connectivity index (χ4n) is 1.80. The minimum absolute atomic E-state index is 0.109. The summed E-state index contributed by atoms with van der Waals surface area (Å²) in [5, 5.41) is 8.58. The van der Waals surface area contributed by atoms with Gasteiger partial charge in [-0.1, -0.05) is 23.7 Å². The van der Waals surface area contributed by atoms with E-state index in [-0.39, 0.29) is 4.90 Å². The number of nitrogens with two attached hydrogens (primary N) is 1. The minimum Gasteiger partial charge on any atom is -0.370 e. The summed E-state index contributed by atoms with van der Waals surface area (Å²) in [6, 6.07) is 8.12. The molecule has 2 aromatic rings. The zero-order chi connectivity index (χ0) is 15.5. The van der Waals surface area contributed by atoms with Crippen molar-refractivity contribution in [2.75, 3.05) is 11.9 Å². The highest BCUT2D eigenvalue weighted by Gasteiger charge is 2.06. The molecule has 0 unspecified atom stereocenters. The number of aryl methyl sites for hydroxylation is 1. The van der Waals surface area contributed by atoms with Crippen molar-refractivity contribution in [2.24, 2.45) is 5.14 Å². The molecule has 0 amide bonds. The first-order chi connectivity index (χ1) is 9.84. The van der Waals surface area contributed by atoms with Gasteiger partial charge in [-0.25, -0.2) is 23.5 Å². The van der Waals surface area contributed by atoms with Crippen LogP contribution in [-0.4, -0.2) is 24.9 Å². The van der Waals surface area contributed by atoms with E-state index in [0.717, 1.165) is 5.56 Å². The van der Waals surface area contributed by atoms with Crippen LogP contribution < -0.4 is 10.5 Å². The highest BCUT2D eigenvalue weighted by atomic mass is 35.5. The lowest BCUT2D eigenvalue weighted by molar-refractivity contribution is 0.598. The minimum atomic E-state index is -3.64. The molecular formula is C13H15ClN4O2S. The summed E-state index contributed by atoms with van der Waals surface area (Å²) in [7, 11) is -3.64. The number of anilines is 1. The molecule has 0 radical (unpaired) electrons. The number of benzene rings is 1. The van der Waals surface area contributed by atoms with Gasteiger partial charge in [-0.2, -0.15) is 0 Å². The molecule has 0 saturated carbocycles. The van der Waals surface area contributed by atoms with Crippen LogP contribution >= 0.6 is 11.6 Å². The summed E-state index contributed by atoms with van der Waals surface area (Å²) in [5.41, 5.74) is 0.992. The Labute approximate surface area is 128 Å². The van der Waals surface area contributed by atoms with Gasteiger partial charge in [0, 0.05) is 12.6 Å². The molecule has 6 nitrogen and oxygen atoms in total. The SMILES string of the molecule is Cc1nc(Cl)cc(NCCc2ccc(S(N)(=O)=O)cc2)n1. The highest BCUT2D eigenvalue weighted by molar-refractivity contribution is 7.89. The Balaban J connectivity index is 1.94. The summed E-state index contributed by atoms with van der Waals surface area (Å²) in [4.78, 5) is 8.30. The molecule has 0 aliphatic heterocycles. The van der Waals surface area contributed by atoms with Crippen LogP contribution in [0.5, 0.6) is 0 Å². The zero-order valence-corrected chi connectivity index (χ0v) is 12.9. The Hall–Kier alpha value is -1.70. The molecule has 1 aromatic carbocycles. The van der Waals surface area contributed by atoms with Crippen LogP contribution in [0, 0.1) is 6.92 Å². The van der Waals surface area contributed by atoms with E-state index in [1.165, 1.54) is 12.1 Å². The lowest BCUT2D eigenvalue weighted by Crippen LogP contribution is -2.12. The number of sulfonamides is 1. The second kappa shape index (κ2) is 6.38. The Morgan fingerprint density at radius 2 is 1.90 bits per heavy atom. The smallest absolute Gasteiger partial charge is 0.238 e. The number of nitrogens with zero attached hydrogens (tertiary/aromatic N) is 2. The van der Waals surface area contributed by atoms with E-state index < -0.39 is 10.0 Å². The molecule has 0 atom stereocenters. The first-order valence-electron chi connectivity index (χ1n) is 6.21. The van der Waals surface area contributed by atoms with Gasteiger partial charge >= 0.3 is 0 Å². The van der Waals surface area contributed by atoms with Gasteiger partial charge in [0.05, 0.1) is 4.90 Å². The molecule has 112 valence electrons. The van der Waals surface area contributed by atoms with Gasteiger partial charge in [0.1, 0.15) is 16.8 Å². The van der Waals surface area contributed by atoms with E-state index in [1.54, 1.807) is 25.1 Å². The molecule has 0 fully saturated rings. The van der Waals surface area contributed by atoms with Crippen molar-refractivity contribution in [3.8, 4) is 0 Å². The van der Waals surface area contributed by atoms with Gasteiger partial charge in [0.2, 0.25) is 10.0 Å². The summed E-state index contributed by atoms with van der Waals surface area (Å²) in [6.07, 6.45) is 0.714. The number of rotatable bonds is 5. The molecule has 0 aliphatic rings. The number of aromatic nitrogens is 2. The maximum Gasteiger partial charge on any atom is 0.238 e. The summed E-state index contributed by atoms with van der Waals surface area (Å²) in [5.74, 6) is 1.26. The van der Waals surface area contributed by atoms with E-state index in [1.807, 2.05) is 0 Å². The Morgan fingerprint density at radius 3 is 2.48 bits per heavy atom. The molecule has 0 bridgehead atoms. The van der Waals surface area contributed by atoms with Gasteiger partial charge < -0.3 is 5.32 Å². The maximum absolute atomic E-state index is 11.1. The topological polar surface area (TPSA) is 98.0 Å². The Kier molecular flexibility index (Phi) is 4.76. The van der Waals surface area contributed by atoms with Gasteiger partial charge in [-0.05, 0) is 31.0 Å². The molecule has 1 heterocycles. The second-order valence-corrected chi connectivity index (χ2v) is 6.44. The van der Waals surface area contributed by atoms with Crippen molar-refractivity contribution >= 4 is 27.4 Å². The Morgan fingerprint density at radius 1 is 1.24 bits per heavy atom. The monoisotopic (exact) mass is 326 g/mol. The molecule has 0 spiro atoms. The van der Waals surface area contributed by atoms with Crippen LogP contribution in [-0.2, 0) is 16.4 Å². The van der Waals surface area contributed by atoms with Crippen molar-refractivity contribution in [2.45, 2.75) is 18.2 Å². The van der Waals surface area contributed by atoms with Crippen molar-refractivity contribution in [3.63, 3.8) is 0 Å². The third kappa shape index (κ3) is 4.66. The first kappa shape index (κ1) is 15.7. The standard InChI is InChI=1S/C13H15ClN4O2S/c1-9-17-12(14)8-13(18-9)16-7-6-10-2-4-11(5-3-10)21(15,19)20/h2-5,8H,6-7H2,1H3,(H2,15,19,20)(H,16,17,18). The van der Waals surface area contributed by atoms with E-state index in [4.69, 9.17) is 16.7 Å². The van der Waals surface area contributed by atoms with E-state index in [2.05, 4.69) is 15.3 Å². The van der Waals surface area contributed by atoms with Crippen LogP contribution in [0.15, 0.2) is 35.2 Å². The third-order valence-electron chi connectivity index (χ3n) is 2.78. The second-order valence-electron chi connectivity index (χ2n) is 4.49. The van der Waals surface area contributed by atoms with Crippen LogP contribution in [0.2, 0.25) is 5.15 Å². The van der Waals surface area contributed by atoms with Crippen LogP contribution in [0.1, 0.15) is 11.4 Å². The number of primary sulfonamides is 1. The molecule has 0 saturated heterocycles. The lowest BCUT2D eigenvalue weighted by atomic mass is 10.1. The average molecular weight is 327 g/mol. The quantitative estimate of drug-likeness (QED) is 0.815. The van der Waals surface area contributed by atoms with Crippen molar-refractivity contribution in [1.82, 2.24) is 9.97 Å². The van der Waals surface area contributed by atoms with Gasteiger partial charge in [0.25, 0.3) is 0 Å². The largest absolute Gasteiger partial charge is 0.370 e. The van der Waals surface area contributed by atoms with Crippen molar-refractivity contribution in [1.29, 1.82) is 0 Å². The van der Waals surface area contributed by atoms with Gasteiger partial charge in [0.15, 0.2) is 0 Å². The molecule has 0 aliphatic carbocycles. The zero-order valence-electron chi connectivity index (χ0n) is 11.4. The molecule has 2 rings (SSSR count). The van der Waals surface area contributed by atoms with Crippen LogP contribution in [0.4, 0.5) is 5.82 Å². The predicted octanol–water partition coefficient (Wildman–Crippen LogP) is 1.74. The third-order valence-corrected chi connectivity index (χ3v) is 3.90. The lowest BCUT2D eigenvalue weighted by Gasteiger charge is -2.07. The molecule has 3 N–H and O–H groups in total. The normalized spacial score (nSPS) is 11.4. The average Bonchev–Trinajstić information content (AvgIpc) is 2.37. The number of nitrogens with one attached hydrogen (secondary N) is 1. The van der Waals surface area contributed by atoms with Crippen LogP contribution in [0.3, 0.4) is 0 Å². The fraction of sp³-hybridized carbons (Fsp3) is 0.231. The predicted molar refractivity (Wildman–Crippen MR) is 81.8 cm³/mol. The van der Waals surface area contributed by atoms with Gasteiger partial charge in [-0.15, -0.1) is 0 Å². The summed E-state index contributed by atoms with van der Waals surface area (Å²) >= 11 is 5.85. The molecular weight excluding hydrogens is 312 g/mol. The maximum atomic E-state index is 11.1. The highest BCUT2D eigenvalue weighted by Crippen LogP contribution is 2.12. The fourth-order valence-corrected chi connectivity index (χ4v) is 2.54. The van der Waals surface area contributed by atoms with Crippen molar-refractivity contribution < 1.29 is 8.42 Å². The van der Waals surface area contributed by atoms with Crippen molar-refractivity contribution in [3.05, 3.63) is 46.9 Å². The van der Waals surface area contributed by atoms with E-state index in [0.29, 0.717) is 29.8 Å². The molecule has 21 heavy (non-hydrogen) atoms. The first-order valence-corrected chi connectivity index (χ1v) is 8.14. The van der Waals surface area contributed by atoms with Crippen LogP contribution in [0.25, 0.3) is 0 Å². The Bertz CT molecular complexity index is 712. The molecule has 1 aromatic heterocycles. The number of halogens is 1. The van der Waals surface area contributed by atoms with Gasteiger partial charge in [-0.3, -0.25) is 0 Å². The number of hydrogen-bond donors (Lipinski definition) is 2. The summed E-state index contributed by atoms with van der Waals surface area (Å²) < 4.78 is 22.3. The number of hydrogen-bond acceptors (Lipinski definition) is 5.